The summed E-state index contributed by atoms with van der Waals surface area (Å²) >= 11 is 1.42. The molecule has 2 rings (SSSR count). The molecule has 1 aromatic heterocycles. The van der Waals surface area contributed by atoms with Crippen LogP contribution in [0.4, 0.5) is 11.5 Å². The van der Waals surface area contributed by atoms with Crippen LogP contribution in [0.3, 0.4) is 0 Å². The lowest BCUT2D eigenvalue weighted by Crippen LogP contribution is -2.11. The van der Waals surface area contributed by atoms with Crippen molar-refractivity contribution in [2.75, 3.05) is 18.2 Å². The summed E-state index contributed by atoms with van der Waals surface area (Å²) in [5.74, 6) is 0.0309. The molecule has 0 amide bonds. The van der Waals surface area contributed by atoms with Crippen molar-refractivity contribution in [2.45, 2.75) is 19.0 Å². The number of hydrogen-bond acceptors (Lipinski definition) is 6. The van der Waals surface area contributed by atoms with Crippen molar-refractivity contribution >= 4 is 29.2 Å². The minimum Gasteiger partial charge on any atom is -0.462 e. The quantitative estimate of drug-likeness (QED) is 0.518. The van der Waals surface area contributed by atoms with E-state index in [9.17, 15) is 4.79 Å². The van der Waals surface area contributed by atoms with Gasteiger partial charge in [0.25, 0.3) is 0 Å². The normalized spacial score (nSPS) is 10.2. The predicted octanol–water partition coefficient (Wildman–Crippen LogP) is 3.43. The van der Waals surface area contributed by atoms with Crippen molar-refractivity contribution in [3.8, 4) is 0 Å². The van der Waals surface area contributed by atoms with Crippen LogP contribution in [0.5, 0.6) is 0 Å². The number of carbonyl (C=O) groups is 1. The highest BCUT2D eigenvalue weighted by molar-refractivity contribution is 7.98. The number of aryl methyl sites for hydroxylation is 1. The molecule has 0 aliphatic carbocycles. The summed E-state index contributed by atoms with van der Waals surface area (Å²) in [6, 6.07) is 7.81. The van der Waals surface area contributed by atoms with E-state index in [4.69, 9.17) is 4.74 Å². The molecule has 0 bridgehead atoms. The summed E-state index contributed by atoms with van der Waals surface area (Å²) < 4.78 is 5.04. The van der Waals surface area contributed by atoms with Crippen molar-refractivity contribution in [2.24, 2.45) is 0 Å². The second kappa shape index (κ2) is 7.08. The van der Waals surface area contributed by atoms with E-state index in [1.54, 1.807) is 6.92 Å². The number of hydrogen-bond donors (Lipinski definition) is 1. The van der Waals surface area contributed by atoms with E-state index in [0.717, 1.165) is 11.3 Å². The molecule has 0 spiro atoms. The second-order valence-corrected chi connectivity index (χ2v) is 5.05. The first-order valence-electron chi connectivity index (χ1n) is 6.56. The van der Waals surface area contributed by atoms with E-state index in [-0.39, 0.29) is 0 Å². The van der Waals surface area contributed by atoms with Crippen molar-refractivity contribution in [3.05, 3.63) is 41.6 Å². The molecule has 0 atom stereocenters. The van der Waals surface area contributed by atoms with Crippen LogP contribution in [-0.4, -0.2) is 28.8 Å². The van der Waals surface area contributed by atoms with Gasteiger partial charge in [0.1, 0.15) is 11.4 Å². The van der Waals surface area contributed by atoms with Crippen LogP contribution in [0.1, 0.15) is 22.8 Å². The number of ether oxygens (including phenoxy) is 1. The maximum Gasteiger partial charge on any atom is 0.343 e. The lowest BCUT2D eigenvalue weighted by molar-refractivity contribution is 0.0526. The van der Waals surface area contributed by atoms with Crippen molar-refractivity contribution in [1.82, 2.24) is 9.97 Å². The third-order valence-corrected chi connectivity index (χ3v) is 3.40. The first kappa shape index (κ1) is 15.3. The van der Waals surface area contributed by atoms with E-state index in [0.29, 0.717) is 23.1 Å². The first-order valence-corrected chi connectivity index (χ1v) is 7.79. The van der Waals surface area contributed by atoms with E-state index in [1.165, 1.54) is 18.0 Å². The molecule has 0 aliphatic heterocycles. The summed E-state index contributed by atoms with van der Waals surface area (Å²) in [4.78, 5) is 20.5. The predicted molar refractivity (Wildman–Crippen MR) is 84.2 cm³/mol. The fourth-order valence-electron chi connectivity index (χ4n) is 1.76. The van der Waals surface area contributed by atoms with Gasteiger partial charge in [0, 0.05) is 11.9 Å². The summed E-state index contributed by atoms with van der Waals surface area (Å²) in [5.41, 5.74) is 2.29. The molecule has 1 heterocycles. The Labute approximate surface area is 128 Å². The summed E-state index contributed by atoms with van der Waals surface area (Å²) in [6.45, 7) is 4.07. The highest BCUT2D eigenvalue weighted by atomic mass is 32.2. The SMILES string of the molecule is CCOC(=O)c1cnc(SC)nc1Nc1ccccc1C. The molecule has 0 saturated carbocycles. The van der Waals surface area contributed by atoms with Gasteiger partial charge in [0.05, 0.1) is 6.61 Å². The molecule has 1 aromatic carbocycles. The van der Waals surface area contributed by atoms with E-state index < -0.39 is 5.97 Å². The number of anilines is 2. The van der Waals surface area contributed by atoms with Gasteiger partial charge in [-0.15, -0.1) is 0 Å². The molecule has 0 radical (unpaired) electrons. The molecule has 2 aromatic rings. The topological polar surface area (TPSA) is 64.1 Å². The molecule has 5 nitrogen and oxygen atoms in total. The molecular weight excluding hydrogens is 286 g/mol. The molecule has 0 aliphatic rings. The van der Waals surface area contributed by atoms with Gasteiger partial charge >= 0.3 is 5.97 Å². The Bertz CT molecular complexity index is 647. The number of esters is 1. The Morgan fingerprint density at radius 3 is 2.81 bits per heavy atom. The van der Waals surface area contributed by atoms with Gasteiger partial charge in [0.15, 0.2) is 5.16 Å². The number of nitrogens with zero attached hydrogens (tertiary/aromatic N) is 2. The van der Waals surface area contributed by atoms with Gasteiger partial charge in [-0.3, -0.25) is 0 Å². The number of para-hydroxylation sites is 1. The van der Waals surface area contributed by atoms with Gasteiger partial charge in [-0.05, 0) is 31.7 Å². The van der Waals surface area contributed by atoms with Crippen molar-refractivity contribution in [1.29, 1.82) is 0 Å². The fraction of sp³-hybridized carbons (Fsp3) is 0.267. The zero-order valence-electron chi connectivity index (χ0n) is 12.2. The van der Waals surface area contributed by atoms with Gasteiger partial charge in [-0.1, -0.05) is 30.0 Å². The number of thioether (sulfide) groups is 1. The van der Waals surface area contributed by atoms with Crippen molar-refractivity contribution in [3.63, 3.8) is 0 Å². The van der Waals surface area contributed by atoms with Gasteiger partial charge in [-0.25, -0.2) is 14.8 Å². The first-order chi connectivity index (χ1) is 10.2. The molecule has 21 heavy (non-hydrogen) atoms. The fourth-order valence-corrected chi connectivity index (χ4v) is 2.10. The monoisotopic (exact) mass is 303 g/mol. The summed E-state index contributed by atoms with van der Waals surface area (Å²) in [6.07, 6.45) is 3.38. The number of nitrogens with one attached hydrogen (secondary N) is 1. The summed E-state index contributed by atoms with van der Waals surface area (Å²) in [5, 5.41) is 3.79. The number of aromatic nitrogens is 2. The number of carbonyl (C=O) groups excluding carboxylic acids is 1. The van der Waals surface area contributed by atoms with Crippen LogP contribution in [0.2, 0.25) is 0 Å². The molecule has 6 heteroatoms. The molecular formula is C15H17N3O2S. The second-order valence-electron chi connectivity index (χ2n) is 4.28. The third kappa shape index (κ3) is 3.72. The van der Waals surface area contributed by atoms with E-state index >= 15 is 0 Å². The lowest BCUT2D eigenvalue weighted by Gasteiger charge is -2.12. The molecule has 0 saturated heterocycles. The maximum absolute atomic E-state index is 12.0. The van der Waals surface area contributed by atoms with E-state index in [1.807, 2.05) is 37.4 Å². The van der Waals surface area contributed by atoms with Crippen LogP contribution in [0.25, 0.3) is 0 Å². The number of benzene rings is 1. The minimum atomic E-state index is -0.429. The molecule has 1 N–H and O–H groups in total. The van der Waals surface area contributed by atoms with E-state index in [2.05, 4.69) is 15.3 Å². The Hall–Kier alpha value is -2.08. The standard InChI is InChI=1S/C15H17N3O2S/c1-4-20-14(19)11-9-16-15(21-3)18-13(11)17-12-8-6-5-7-10(12)2/h5-9H,4H2,1-3H3,(H,16,17,18). The summed E-state index contributed by atoms with van der Waals surface area (Å²) in [7, 11) is 0. The molecule has 0 unspecified atom stereocenters. The minimum absolute atomic E-state index is 0.312. The molecule has 110 valence electrons. The maximum atomic E-state index is 12.0. The highest BCUT2D eigenvalue weighted by Gasteiger charge is 2.16. The Kier molecular flexibility index (Phi) is 5.16. The van der Waals surface area contributed by atoms with Crippen LogP contribution < -0.4 is 5.32 Å². The smallest absolute Gasteiger partial charge is 0.343 e. The van der Waals surface area contributed by atoms with Crippen LogP contribution in [-0.2, 0) is 4.74 Å². The van der Waals surface area contributed by atoms with Crippen LogP contribution in [0.15, 0.2) is 35.6 Å². The van der Waals surface area contributed by atoms with Crippen LogP contribution >= 0.6 is 11.8 Å². The Morgan fingerprint density at radius 2 is 2.14 bits per heavy atom. The van der Waals surface area contributed by atoms with Gasteiger partial charge in [-0.2, -0.15) is 0 Å². The van der Waals surface area contributed by atoms with Crippen molar-refractivity contribution < 1.29 is 9.53 Å². The zero-order valence-corrected chi connectivity index (χ0v) is 13.0. The average Bonchev–Trinajstić information content (AvgIpc) is 2.49. The molecule has 0 fully saturated rings. The van der Waals surface area contributed by atoms with Gasteiger partial charge < -0.3 is 10.1 Å². The average molecular weight is 303 g/mol. The zero-order chi connectivity index (χ0) is 15.2. The highest BCUT2D eigenvalue weighted by Crippen LogP contribution is 2.23. The third-order valence-electron chi connectivity index (χ3n) is 2.84. The Morgan fingerprint density at radius 1 is 1.38 bits per heavy atom. The number of rotatable bonds is 5. The van der Waals surface area contributed by atoms with Gasteiger partial charge in [0.2, 0.25) is 0 Å². The largest absolute Gasteiger partial charge is 0.462 e. The Balaban J connectivity index is 2.39. The van der Waals surface area contributed by atoms with Crippen LogP contribution in [0, 0.1) is 6.92 Å². The lowest BCUT2D eigenvalue weighted by atomic mass is 10.2.